The Morgan fingerprint density at radius 2 is 2.50 bits per heavy atom. The minimum atomic E-state index is 0.169. The van der Waals surface area contributed by atoms with Crippen molar-refractivity contribution in [3.05, 3.63) is 18.0 Å². The SMILES string of the molecule is CCC1OCCC1C(N)Cc1ccn(C)n1. The lowest BCUT2D eigenvalue weighted by molar-refractivity contribution is 0.0813. The lowest BCUT2D eigenvalue weighted by atomic mass is 9.89. The molecule has 90 valence electrons. The minimum Gasteiger partial charge on any atom is -0.378 e. The zero-order valence-corrected chi connectivity index (χ0v) is 10.1. The van der Waals surface area contributed by atoms with Gasteiger partial charge in [-0.15, -0.1) is 0 Å². The van der Waals surface area contributed by atoms with Gasteiger partial charge in [-0.05, 0) is 18.9 Å². The fourth-order valence-corrected chi connectivity index (χ4v) is 2.54. The van der Waals surface area contributed by atoms with Crippen LogP contribution < -0.4 is 5.73 Å². The second kappa shape index (κ2) is 4.97. The smallest absolute Gasteiger partial charge is 0.0640 e. The Hall–Kier alpha value is -0.870. The van der Waals surface area contributed by atoms with Gasteiger partial charge in [0.1, 0.15) is 0 Å². The van der Waals surface area contributed by atoms with Gasteiger partial charge in [-0.3, -0.25) is 4.68 Å². The first-order valence-corrected chi connectivity index (χ1v) is 6.06. The highest BCUT2D eigenvalue weighted by molar-refractivity contribution is 5.02. The van der Waals surface area contributed by atoms with Gasteiger partial charge in [-0.1, -0.05) is 6.92 Å². The van der Waals surface area contributed by atoms with Gasteiger partial charge in [0, 0.05) is 38.2 Å². The largest absolute Gasteiger partial charge is 0.378 e. The molecule has 1 fully saturated rings. The van der Waals surface area contributed by atoms with Gasteiger partial charge >= 0.3 is 0 Å². The molecule has 4 nitrogen and oxygen atoms in total. The number of hydrogen-bond donors (Lipinski definition) is 1. The Kier molecular flexibility index (Phi) is 3.61. The van der Waals surface area contributed by atoms with Crippen LogP contribution >= 0.6 is 0 Å². The van der Waals surface area contributed by atoms with E-state index in [9.17, 15) is 0 Å². The van der Waals surface area contributed by atoms with Crippen molar-refractivity contribution in [1.82, 2.24) is 9.78 Å². The van der Waals surface area contributed by atoms with Crippen LogP contribution in [0.2, 0.25) is 0 Å². The molecule has 3 atom stereocenters. The average molecular weight is 223 g/mol. The van der Waals surface area contributed by atoms with E-state index >= 15 is 0 Å². The first kappa shape index (κ1) is 11.6. The molecule has 4 heteroatoms. The zero-order valence-electron chi connectivity index (χ0n) is 10.1. The summed E-state index contributed by atoms with van der Waals surface area (Å²) in [6, 6.07) is 2.21. The summed E-state index contributed by atoms with van der Waals surface area (Å²) in [5, 5.41) is 4.37. The maximum Gasteiger partial charge on any atom is 0.0640 e. The second-order valence-electron chi connectivity index (χ2n) is 4.62. The molecular weight excluding hydrogens is 202 g/mol. The Labute approximate surface area is 96.8 Å². The van der Waals surface area contributed by atoms with Crippen molar-refractivity contribution < 1.29 is 4.74 Å². The highest BCUT2D eigenvalue weighted by atomic mass is 16.5. The summed E-state index contributed by atoms with van der Waals surface area (Å²) in [6.07, 6.45) is 5.31. The molecule has 0 aliphatic carbocycles. The molecule has 0 bridgehead atoms. The van der Waals surface area contributed by atoms with Crippen LogP contribution in [0.15, 0.2) is 12.3 Å². The molecule has 1 saturated heterocycles. The lowest BCUT2D eigenvalue weighted by Gasteiger charge is -2.22. The van der Waals surface area contributed by atoms with Crippen LogP contribution in [-0.2, 0) is 18.2 Å². The molecule has 3 unspecified atom stereocenters. The van der Waals surface area contributed by atoms with E-state index in [0.29, 0.717) is 12.0 Å². The number of hydrogen-bond acceptors (Lipinski definition) is 3. The third-order valence-electron chi connectivity index (χ3n) is 3.43. The third kappa shape index (κ3) is 2.44. The summed E-state index contributed by atoms with van der Waals surface area (Å²) in [5.74, 6) is 0.493. The summed E-state index contributed by atoms with van der Waals surface area (Å²) in [6.45, 7) is 3.02. The summed E-state index contributed by atoms with van der Waals surface area (Å²) in [4.78, 5) is 0. The van der Waals surface area contributed by atoms with E-state index in [2.05, 4.69) is 12.0 Å². The van der Waals surface area contributed by atoms with Crippen molar-refractivity contribution in [3.8, 4) is 0 Å². The fraction of sp³-hybridized carbons (Fsp3) is 0.750. The van der Waals surface area contributed by atoms with Gasteiger partial charge < -0.3 is 10.5 Å². The Morgan fingerprint density at radius 1 is 1.69 bits per heavy atom. The summed E-state index contributed by atoms with van der Waals surface area (Å²) in [5.41, 5.74) is 7.34. The first-order valence-electron chi connectivity index (χ1n) is 6.06. The minimum absolute atomic E-state index is 0.169. The number of ether oxygens (including phenoxy) is 1. The zero-order chi connectivity index (χ0) is 11.5. The van der Waals surface area contributed by atoms with E-state index < -0.39 is 0 Å². The van der Waals surface area contributed by atoms with E-state index in [1.54, 1.807) is 0 Å². The number of aryl methyl sites for hydroxylation is 1. The highest BCUT2D eigenvalue weighted by Gasteiger charge is 2.31. The van der Waals surface area contributed by atoms with Gasteiger partial charge in [-0.25, -0.2) is 0 Å². The maximum absolute atomic E-state index is 6.26. The van der Waals surface area contributed by atoms with E-state index in [1.807, 2.05) is 24.0 Å². The molecule has 1 aliphatic heterocycles. The molecule has 0 amide bonds. The van der Waals surface area contributed by atoms with E-state index in [0.717, 1.165) is 31.6 Å². The summed E-state index contributed by atoms with van der Waals surface area (Å²) in [7, 11) is 1.93. The van der Waals surface area contributed by atoms with Crippen LogP contribution in [0, 0.1) is 5.92 Å². The molecule has 2 rings (SSSR count). The van der Waals surface area contributed by atoms with E-state index in [1.165, 1.54) is 0 Å². The fourth-order valence-electron chi connectivity index (χ4n) is 2.54. The lowest BCUT2D eigenvalue weighted by Crippen LogP contribution is -2.37. The molecule has 2 N–H and O–H groups in total. The predicted octanol–water partition coefficient (Wildman–Crippen LogP) is 1.10. The van der Waals surface area contributed by atoms with E-state index in [-0.39, 0.29) is 6.04 Å². The summed E-state index contributed by atoms with van der Waals surface area (Å²) < 4.78 is 7.50. The average Bonchev–Trinajstić information content (AvgIpc) is 2.86. The number of nitrogens with two attached hydrogens (primary N) is 1. The van der Waals surface area contributed by atoms with Crippen LogP contribution in [0.5, 0.6) is 0 Å². The third-order valence-corrected chi connectivity index (χ3v) is 3.43. The molecular formula is C12H21N3O. The quantitative estimate of drug-likeness (QED) is 0.831. The molecule has 1 aliphatic rings. The Balaban J connectivity index is 1.94. The molecule has 0 radical (unpaired) electrons. The second-order valence-corrected chi connectivity index (χ2v) is 4.62. The van der Waals surface area contributed by atoms with Crippen LogP contribution in [0.25, 0.3) is 0 Å². The maximum atomic E-state index is 6.26. The van der Waals surface area contributed by atoms with Crippen molar-refractivity contribution in [2.24, 2.45) is 18.7 Å². The van der Waals surface area contributed by atoms with E-state index in [4.69, 9.17) is 10.5 Å². The molecule has 0 aromatic carbocycles. The van der Waals surface area contributed by atoms with Gasteiger partial charge in [0.2, 0.25) is 0 Å². The normalized spacial score (nSPS) is 27.2. The first-order chi connectivity index (χ1) is 7.70. The molecule has 0 spiro atoms. The Morgan fingerprint density at radius 3 is 3.12 bits per heavy atom. The number of rotatable bonds is 4. The van der Waals surface area contributed by atoms with Gasteiger partial charge in [0.25, 0.3) is 0 Å². The van der Waals surface area contributed by atoms with Crippen LogP contribution in [0.4, 0.5) is 0 Å². The van der Waals surface area contributed by atoms with Crippen LogP contribution in [0.1, 0.15) is 25.5 Å². The van der Waals surface area contributed by atoms with Crippen LogP contribution in [0.3, 0.4) is 0 Å². The van der Waals surface area contributed by atoms with Gasteiger partial charge in [0.15, 0.2) is 0 Å². The standard InChI is InChI=1S/C12H21N3O/c1-3-12-10(5-7-16-12)11(13)8-9-4-6-15(2)14-9/h4,6,10-12H,3,5,7-8,13H2,1-2H3. The topological polar surface area (TPSA) is 53.1 Å². The highest BCUT2D eigenvalue weighted by Crippen LogP contribution is 2.26. The number of aromatic nitrogens is 2. The molecule has 1 aromatic heterocycles. The van der Waals surface area contributed by atoms with Gasteiger partial charge in [0.05, 0.1) is 11.8 Å². The van der Waals surface area contributed by atoms with Crippen LogP contribution in [-0.4, -0.2) is 28.5 Å². The van der Waals surface area contributed by atoms with Crippen molar-refractivity contribution >= 4 is 0 Å². The summed E-state index contributed by atoms with van der Waals surface area (Å²) >= 11 is 0. The van der Waals surface area contributed by atoms with Crippen molar-refractivity contribution in [2.75, 3.05) is 6.61 Å². The predicted molar refractivity (Wildman–Crippen MR) is 63.0 cm³/mol. The Bertz CT molecular complexity index is 337. The number of nitrogens with zero attached hydrogens (tertiary/aromatic N) is 2. The van der Waals surface area contributed by atoms with Gasteiger partial charge in [-0.2, -0.15) is 5.10 Å². The van der Waals surface area contributed by atoms with Crippen molar-refractivity contribution in [3.63, 3.8) is 0 Å². The monoisotopic (exact) mass is 223 g/mol. The molecule has 1 aromatic rings. The molecule has 2 heterocycles. The van der Waals surface area contributed by atoms with Crippen molar-refractivity contribution in [2.45, 2.75) is 38.3 Å². The van der Waals surface area contributed by atoms with Crippen molar-refractivity contribution in [1.29, 1.82) is 0 Å². The molecule has 0 saturated carbocycles. The molecule has 16 heavy (non-hydrogen) atoms.